The van der Waals surface area contributed by atoms with Crippen LogP contribution in [0.4, 0.5) is 0 Å². The minimum atomic E-state index is 0.493. The molecule has 0 amide bonds. The summed E-state index contributed by atoms with van der Waals surface area (Å²) in [6, 6.07) is 12.7. The Morgan fingerprint density at radius 3 is 2.63 bits per heavy atom. The topological polar surface area (TPSA) is 52.3 Å². The number of hydrogen-bond acceptors (Lipinski definition) is 4. The summed E-state index contributed by atoms with van der Waals surface area (Å²) in [5.74, 6) is 1.26. The Morgan fingerprint density at radius 2 is 1.95 bits per heavy atom. The van der Waals surface area contributed by atoms with Crippen LogP contribution in [-0.2, 0) is 0 Å². The second kappa shape index (κ2) is 4.57. The lowest BCUT2D eigenvalue weighted by Gasteiger charge is -1.99. The molecule has 0 bridgehead atoms. The molecule has 0 atom stereocenters. The van der Waals surface area contributed by atoms with Gasteiger partial charge in [-0.2, -0.15) is 0 Å². The van der Waals surface area contributed by atoms with E-state index in [0.717, 1.165) is 17.6 Å². The van der Waals surface area contributed by atoms with Crippen LogP contribution in [0.25, 0.3) is 22.6 Å². The van der Waals surface area contributed by atoms with Gasteiger partial charge in [-0.05, 0) is 36.4 Å². The van der Waals surface area contributed by atoms with Crippen molar-refractivity contribution in [1.82, 2.24) is 4.98 Å². The van der Waals surface area contributed by atoms with Gasteiger partial charge in [-0.1, -0.05) is 6.07 Å². The summed E-state index contributed by atoms with van der Waals surface area (Å²) in [5.41, 5.74) is 2.54. The highest BCUT2D eigenvalue weighted by Gasteiger charge is 2.11. The lowest BCUT2D eigenvalue weighted by atomic mass is 10.2. The van der Waals surface area contributed by atoms with Crippen LogP contribution in [0.15, 0.2) is 46.9 Å². The van der Waals surface area contributed by atoms with Gasteiger partial charge >= 0.3 is 0 Å². The van der Waals surface area contributed by atoms with Crippen molar-refractivity contribution in [3.05, 3.63) is 48.0 Å². The van der Waals surface area contributed by atoms with Crippen LogP contribution in [0, 0.1) is 0 Å². The van der Waals surface area contributed by atoms with Crippen LogP contribution in [-0.4, -0.2) is 18.4 Å². The molecule has 0 aliphatic heterocycles. The summed E-state index contributed by atoms with van der Waals surface area (Å²) >= 11 is 0. The van der Waals surface area contributed by atoms with Crippen molar-refractivity contribution in [3.63, 3.8) is 0 Å². The van der Waals surface area contributed by atoms with Crippen LogP contribution in [0.3, 0.4) is 0 Å². The minimum absolute atomic E-state index is 0.493. The Hall–Kier alpha value is -2.62. The van der Waals surface area contributed by atoms with E-state index in [1.54, 1.807) is 19.2 Å². The normalized spacial score (nSPS) is 10.6. The van der Waals surface area contributed by atoms with Gasteiger partial charge in [-0.15, -0.1) is 0 Å². The smallest absolute Gasteiger partial charge is 0.227 e. The Morgan fingerprint density at radius 1 is 1.16 bits per heavy atom. The zero-order valence-electron chi connectivity index (χ0n) is 10.3. The highest BCUT2D eigenvalue weighted by Crippen LogP contribution is 2.27. The van der Waals surface area contributed by atoms with Gasteiger partial charge in [0.05, 0.1) is 12.7 Å². The summed E-state index contributed by atoms with van der Waals surface area (Å²) in [6.45, 7) is 0. The van der Waals surface area contributed by atoms with Gasteiger partial charge in [-0.25, -0.2) is 4.98 Å². The molecule has 0 saturated heterocycles. The number of aromatic nitrogens is 1. The Balaban J connectivity index is 2.12. The first kappa shape index (κ1) is 11.5. The zero-order chi connectivity index (χ0) is 13.2. The van der Waals surface area contributed by atoms with Crippen molar-refractivity contribution in [2.75, 3.05) is 7.11 Å². The molecule has 3 rings (SSSR count). The molecular formula is C15H11NO3. The first-order valence-electron chi connectivity index (χ1n) is 5.81. The first-order valence-corrected chi connectivity index (χ1v) is 5.81. The van der Waals surface area contributed by atoms with Gasteiger partial charge < -0.3 is 9.15 Å². The predicted molar refractivity (Wildman–Crippen MR) is 71.4 cm³/mol. The van der Waals surface area contributed by atoms with Gasteiger partial charge in [0.2, 0.25) is 5.89 Å². The number of methoxy groups -OCH3 is 1. The van der Waals surface area contributed by atoms with E-state index < -0.39 is 0 Å². The molecule has 94 valence electrons. The van der Waals surface area contributed by atoms with Crippen LogP contribution >= 0.6 is 0 Å². The van der Waals surface area contributed by atoms with Crippen molar-refractivity contribution < 1.29 is 13.9 Å². The highest BCUT2D eigenvalue weighted by atomic mass is 16.5. The molecule has 0 aliphatic carbocycles. The summed E-state index contributed by atoms with van der Waals surface area (Å²) in [7, 11) is 1.62. The molecule has 0 fully saturated rings. The lowest BCUT2D eigenvalue weighted by Crippen LogP contribution is -1.82. The van der Waals surface area contributed by atoms with Gasteiger partial charge in [0.25, 0.3) is 0 Å². The number of carbonyl (C=O) groups excluding carboxylic acids is 1. The molecule has 0 N–H and O–H groups in total. The second-order valence-electron chi connectivity index (χ2n) is 4.06. The molecule has 0 radical (unpaired) electrons. The van der Waals surface area contributed by atoms with E-state index in [2.05, 4.69) is 4.98 Å². The van der Waals surface area contributed by atoms with Gasteiger partial charge in [0.15, 0.2) is 11.9 Å². The first-order chi connectivity index (χ1) is 9.31. The molecule has 2 aromatic carbocycles. The van der Waals surface area contributed by atoms with Gasteiger partial charge in [0, 0.05) is 5.56 Å². The number of fused-ring (bicyclic) bond motifs is 1. The molecule has 0 spiro atoms. The highest BCUT2D eigenvalue weighted by molar-refractivity contribution is 5.93. The maximum atomic E-state index is 10.9. The Bertz CT molecular complexity index is 729. The Kier molecular flexibility index (Phi) is 2.76. The molecule has 0 saturated carbocycles. The third kappa shape index (κ3) is 1.97. The number of hydrogen-bond donors (Lipinski definition) is 0. The quantitative estimate of drug-likeness (QED) is 0.672. The molecule has 19 heavy (non-hydrogen) atoms. The minimum Gasteiger partial charge on any atom is -0.497 e. The number of rotatable bonds is 3. The number of ether oxygens (including phenoxy) is 1. The Labute approximate surface area is 109 Å². The third-order valence-corrected chi connectivity index (χ3v) is 2.91. The number of nitrogens with zero attached hydrogens (tertiary/aromatic N) is 1. The largest absolute Gasteiger partial charge is 0.497 e. The van der Waals surface area contributed by atoms with E-state index >= 15 is 0 Å². The van der Waals surface area contributed by atoms with Crippen molar-refractivity contribution in [3.8, 4) is 17.2 Å². The SMILES string of the molecule is COc1ccc(-c2nc3cccc(C=O)c3o2)cc1. The lowest BCUT2D eigenvalue weighted by molar-refractivity contribution is 0.112. The molecular weight excluding hydrogens is 242 g/mol. The number of benzene rings is 2. The van der Waals surface area contributed by atoms with E-state index in [1.165, 1.54) is 0 Å². The third-order valence-electron chi connectivity index (χ3n) is 2.91. The monoisotopic (exact) mass is 253 g/mol. The fraction of sp³-hybridized carbons (Fsp3) is 0.0667. The number of carbonyl (C=O) groups is 1. The molecule has 1 heterocycles. The fourth-order valence-corrected chi connectivity index (χ4v) is 1.92. The number of oxazole rings is 1. The van der Waals surface area contributed by atoms with Crippen molar-refractivity contribution >= 4 is 17.4 Å². The summed E-state index contributed by atoms with van der Waals surface area (Å²) in [5, 5.41) is 0. The number of aldehydes is 1. The summed E-state index contributed by atoms with van der Waals surface area (Å²) < 4.78 is 10.8. The van der Waals surface area contributed by atoms with Gasteiger partial charge in [-0.3, -0.25) is 4.79 Å². The van der Waals surface area contributed by atoms with E-state index in [0.29, 0.717) is 22.6 Å². The predicted octanol–water partition coefficient (Wildman–Crippen LogP) is 3.32. The number of para-hydroxylation sites is 1. The van der Waals surface area contributed by atoms with Gasteiger partial charge in [0.1, 0.15) is 11.3 Å². The molecule has 1 aromatic heterocycles. The van der Waals surface area contributed by atoms with E-state index in [1.807, 2.05) is 30.3 Å². The zero-order valence-corrected chi connectivity index (χ0v) is 10.3. The van der Waals surface area contributed by atoms with Crippen molar-refractivity contribution in [2.45, 2.75) is 0 Å². The molecule has 3 aromatic rings. The average Bonchev–Trinajstić information content (AvgIpc) is 2.91. The maximum Gasteiger partial charge on any atom is 0.227 e. The standard InChI is InChI=1S/C15H11NO3/c1-18-12-7-5-10(6-8-12)15-16-13-4-2-3-11(9-17)14(13)19-15/h2-9H,1H3. The van der Waals surface area contributed by atoms with E-state index in [9.17, 15) is 4.79 Å². The summed E-state index contributed by atoms with van der Waals surface area (Å²) in [4.78, 5) is 15.3. The van der Waals surface area contributed by atoms with Crippen LogP contribution in [0.5, 0.6) is 5.75 Å². The molecule has 0 unspecified atom stereocenters. The van der Waals surface area contributed by atoms with Crippen LogP contribution < -0.4 is 4.74 Å². The van der Waals surface area contributed by atoms with E-state index in [-0.39, 0.29) is 0 Å². The van der Waals surface area contributed by atoms with Crippen LogP contribution in [0.2, 0.25) is 0 Å². The maximum absolute atomic E-state index is 10.9. The van der Waals surface area contributed by atoms with Crippen molar-refractivity contribution in [2.24, 2.45) is 0 Å². The second-order valence-corrected chi connectivity index (χ2v) is 4.06. The van der Waals surface area contributed by atoms with Crippen molar-refractivity contribution in [1.29, 1.82) is 0 Å². The molecule has 4 heteroatoms. The fourth-order valence-electron chi connectivity index (χ4n) is 1.92. The average molecular weight is 253 g/mol. The van der Waals surface area contributed by atoms with Crippen LogP contribution in [0.1, 0.15) is 10.4 Å². The molecule has 4 nitrogen and oxygen atoms in total. The summed E-state index contributed by atoms with van der Waals surface area (Å²) in [6.07, 6.45) is 0.769. The molecule has 0 aliphatic rings. The van der Waals surface area contributed by atoms with E-state index in [4.69, 9.17) is 9.15 Å².